The summed E-state index contributed by atoms with van der Waals surface area (Å²) in [4.78, 5) is 20.6. The minimum absolute atomic E-state index is 0.213. The van der Waals surface area contributed by atoms with Gasteiger partial charge in [-0.25, -0.2) is 0 Å². The average molecular weight is 329 g/mol. The van der Waals surface area contributed by atoms with Gasteiger partial charge in [-0.15, -0.1) is 0 Å². The molecule has 0 aromatic heterocycles. The van der Waals surface area contributed by atoms with Crippen LogP contribution in [0, 0.1) is 5.41 Å². The van der Waals surface area contributed by atoms with Crippen molar-refractivity contribution in [2.45, 2.75) is 90.4 Å². The third-order valence-corrected chi connectivity index (χ3v) is 4.61. The molecule has 0 aromatic carbocycles. The van der Waals surface area contributed by atoms with Crippen molar-refractivity contribution >= 4 is 11.9 Å². The molecule has 0 unspecified atom stereocenters. The van der Waals surface area contributed by atoms with Crippen LogP contribution in [0.5, 0.6) is 0 Å². The van der Waals surface area contributed by atoms with Crippen LogP contribution in [0.4, 0.5) is 0 Å². The smallest absolute Gasteiger partial charge is 0.315 e. The fourth-order valence-corrected chi connectivity index (χ4v) is 2.70. The van der Waals surface area contributed by atoms with Gasteiger partial charge >= 0.3 is 5.97 Å². The van der Waals surface area contributed by atoms with Crippen molar-refractivity contribution in [1.29, 1.82) is 0 Å². The lowest BCUT2D eigenvalue weighted by Crippen LogP contribution is -2.52. The standard InChI is InChI=1S/C12H27N.C6H8O4/c1-2-3-4-5-6-7-8-9-10-11-12-13;7-4(8)6(5(9)10)2-1-3-6/h2-13H2,1H3;1-3H2,(H,7,8)(H,9,10). The van der Waals surface area contributed by atoms with Crippen LogP contribution >= 0.6 is 0 Å². The third kappa shape index (κ3) is 8.94. The quantitative estimate of drug-likeness (QED) is 0.422. The maximum Gasteiger partial charge on any atom is 0.315 e. The predicted molar refractivity (Wildman–Crippen MR) is 88.5 cm³/mol. The molecular weight excluding hydrogens is 294 g/mol. The highest BCUT2D eigenvalue weighted by Gasteiger charge is 2.45. The SMILES string of the molecule is CCCCCCCCCCCC[NH3+].O=C([O-])C1(C(=O)O)CCC1. The molecule has 1 fully saturated rings. The van der Waals surface area contributed by atoms with Gasteiger partial charge in [0.15, 0.2) is 0 Å². The molecule has 0 aromatic rings. The lowest BCUT2D eigenvalue weighted by atomic mass is 9.69. The van der Waals surface area contributed by atoms with Crippen molar-refractivity contribution in [3.63, 3.8) is 0 Å². The van der Waals surface area contributed by atoms with Crippen LogP contribution in [0.25, 0.3) is 0 Å². The molecule has 1 aliphatic rings. The monoisotopic (exact) mass is 329 g/mol. The summed E-state index contributed by atoms with van der Waals surface area (Å²) < 4.78 is 0. The van der Waals surface area contributed by atoms with Crippen molar-refractivity contribution in [1.82, 2.24) is 0 Å². The zero-order valence-electron chi connectivity index (χ0n) is 14.8. The van der Waals surface area contributed by atoms with Crippen LogP contribution in [0.2, 0.25) is 0 Å². The zero-order chi connectivity index (χ0) is 17.6. The van der Waals surface area contributed by atoms with Crippen LogP contribution in [-0.2, 0) is 9.59 Å². The number of hydrogen-bond donors (Lipinski definition) is 2. The Morgan fingerprint density at radius 2 is 1.39 bits per heavy atom. The summed E-state index contributed by atoms with van der Waals surface area (Å²) >= 11 is 0. The van der Waals surface area contributed by atoms with Gasteiger partial charge in [0.2, 0.25) is 0 Å². The maximum atomic E-state index is 10.3. The van der Waals surface area contributed by atoms with E-state index < -0.39 is 17.4 Å². The fraction of sp³-hybridized carbons (Fsp3) is 0.889. The van der Waals surface area contributed by atoms with Crippen LogP contribution in [-0.4, -0.2) is 23.6 Å². The summed E-state index contributed by atoms with van der Waals surface area (Å²) in [5, 5.41) is 18.7. The minimum Gasteiger partial charge on any atom is -0.549 e. The van der Waals surface area contributed by atoms with Gasteiger partial charge in [-0.3, -0.25) is 4.79 Å². The van der Waals surface area contributed by atoms with E-state index >= 15 is 0 Å². The molecule has 0 radical (unpaired) electrons. The molecule has 23 heavy (non-hydrogen) atoms. The van der Waals surface area contributed by atoms with E-state index in [0.717, 1.165) is 6.54 Å². The number of carboxylic acids is 2. The lowest BCUT2D eigenvalue weighted by Gasteiger charge is -2.38. The number of carbonyl (C=O) groups excluding carboxylic acids is 1. The van der Waals surface area contributed by atoms with E-state index in [1.165, 1.54) is 64.2 Å². The van der Waals surface area contributed by atoms with E-state index in [0.29, 0.717) is 6.42 Å². The first kappa shape index (κ1) is 21.9. The molecule has 5 nitrogen and oxygen atoms in total. The topological polar surface area (TPSA) is 105 Å². The van der Waals surface area contributed by atoms with E-state index in [1.54, 1.807) is 0 Å². The van der Waals surface area contributed by atoms with Gasteiger partial charge in [-0.1, -0.05) is 64.7 Å². The Labute approximate surface area is 140 Å². The highest BCUT2D eigenvalue weighted by molar-refractivity contribution is 5.98. The number of aliphatic carboxylic acids is 2. The second kappa shape index (κ2) is 13.3. The third-order valence-electron chi connectivity index (χ3n) is 4.61. The summed E-state index contributed by atoms with van der Waals surface area (Å²) in [6, 6.07) is 0. The molecule has 0 atom stereocenters. The Bertz CT molecular complexity index is 301. The van der Waals surface area contributed by atoms with Gasteiger partial charge in [0.25, 0.3) is 0 Å². The second-order valence-electron chi connectivity index (χ2n) is 6.56. The Hall–Kier alpha value is -1.10. The van der Waals surface area contributed by atoms with Crippen molar-refractivity contribution < 1.29 is 25.5 Å². The summed E-state index contributed by atoms with van der Waals surface area (Å²) in [5.41, 5.74) is 2.30. The number of hydrogen-bond acceptors (Lipinski definition) is 3. The van der Waals surface area contributed by atoms with E-state index in [2.05, 4.69) is 12.7 Å². The molecule has 0 amide bonds. The van der Waals surface area contributed by atoms with Crippen LogP contribution in [0.15, 0.2) is 0 Å². The molecule has 0 spiro atoms. The Balaban J connectivity index is 0.000000433. The Morgan fingerprint density at radius 3 is 1.61 bits per heavy atom. The van der Waals surface area contributed by atoms with Gasteiger partial charge in [0, 0.05) is 0 Å². The van der Waals surface area contributed by atoms with Crippen molar-refractivity contribution in [2.24, 2.45) is 5.41 Å². The lowest BCUT2D eigenvalue weighted by molar-refractivity contribution is -0.368. The molecule has 0 bridgehead atoms. The molecular formula is C18H35NO4. The maximum absolute atomic E-state index is 10.3. The van der Waals surface area contributed by atoms with E-state index in [4.69, 9.17) is 5.11 Å². The van der Waals surface area contributed by atoms with Gasteiger partial charge in [0.05, 0.1) is 12.5 Å². The first-order chi connectivity index (χ1) is 11.0. The molecule has 1 saturated carbocycles. The minimum atomic E-state index is -1.56. The normalized spacial score (nSPS) is 15.2. The van der Waals surface area contributed by atoms with Crippen LogP contribution in [0.1, 0.15) is 90.4 Å². The predicted octanol–water partition coefficient (Wildman–Crippen LogP) is 2.14. The number of carbonyl (C=O) groups is 2. The van der Waals surface area contributed by atoms with E-state index in [-0.39, 0.29) is 12.8 Å². The number of rotatable bonds is 12. The summed E-state index contributed by atoms with van der Waals surface area (Å²) in [6.45, 7) is 3.40. The van der Waals surface area contributed by atoms with Crippen molar-refractivity contribution in [2.75, 3.05) is 6.54 Å². The van der Waals surface area contributed by atoms with Crippen LogP contribution < -0.4 is 10.8 Å². The molecule has 136 valence electrons. The summed E-state index contributed by atoms with van der Waals surface area (Å²) in [5.74, 6) is -2.72. The molecule has 0 saturated heterocycles. The average Bonchev–Trinajstić information content (AvgIpc) is 2.44. The number of carboxylic acid groups (broad SMARTS) is 2. The largest absolute Gasteiger partial charge is 0.549 e. The molecule has 1 aliphatic carbocycles. The van der Waals surface area contributed by atoms with Gasteiger partial charge in [-0.2, -0.15) is 0 Å². The zero-order valence-corrected chi connectivity index (χ0v) is 14.8. The van der Waals surface area contributed by atoms with Gasteiger partial charge < -0.3 is 20.7 Å². The fourth-order valence-electron chi connectivity index (χ4n) is 2.70. The number of unbranched alkanes of at least 4 members (excludes halogenated alkanes) is 9. The molecule has 4 N–H and O–H groups in total. The summed E-state index contributed by atoms with van der Waals surface area (Å²) in [6.07, 6.45) is 15.3. The van der Waals surface area contributed by atoms with Gasteiger partial charge in [-0.05, 0) is 25.7 Å². The highest BCUT2D eigenvalue weighted by Crippen LogP contribution is 2.40. The van der Waals surface area contributed by atoms with Gasteiger partial charge in [0.1, 0.15) is 5.41 Å². The van der Waals surface area contributed by atoms with Crippen LogP contribution in [0.3, 0.4) is 0 Å². The number of quaternary nitrogens is 1. The molecule has 5 heteroatoms. The van der Waals surface area contributed by atoms with Crippen molar-refractivity contribution in [3.05, 3.63) is 0 Å². The molecule has 0 heterocycles. The second-order valence-corrected chi connectivity index (χ2v) is 6.56. The van der Waals surface area contributed by atoms with E-state index in [9.17, 15) is 14.7 Å². The highest BCUT2D eigenvalue weighted by atomic mass is 16.4. The Kier molecular flexibility index (Phi) is 12.7. The van der Waals surface area contributed by atoms with Crippen molar-refractivity contribution in [3.8, 4) is 0 Å². The van der Waals surface area contributed by atoms with E-state index in [1.807, 2.05) is 0 Å². The Morgan fingerprint density at radius 1 is 0.957 bits per heavy atom. The summed E-state index contributed by atoms with van der Waals surface area (Å²) in [7, 11) is 0. The molecule has 0 aliphatic heterocycles. The first-order valence-electron chi connectivity index (χ1n) is 9.25. The first-order valence-corrected chi connectivity index (χ1v) is 9.25. The molecule has 1 rings (SSSR count).